The molecule has 0 saturated heterocycles. The Morgan fingerprint density at radius 3 is 1.75 bits per heavy atom. The van der Waals surface area contributed by atoms with Crippen molar-refractivity contribution in [3.05, 3.63) is 0 Å². The SMILES string of the molecule is COCl.[Cu+]. The van der Waals surface area contributed by atoms with Crippen molar-refractivity contribution in [1.82, 2.24) is 0 Å². The first-order valence-electron chi connectivity index (χ1n) is 0.563. The van der Waals surface area contributed by atoms with E-state index in [0.29, 0.717) is 0 Å². The number of hydrogen-bond acceptors (Lipinski definition) is 1. The summed E-state index contributed by atoms with van der Waals surface area (Å²) in [5.74, 6) is 0. The van der Waals surface area contributed by atoms with Crippen molar-refractivity contribution in [3.8, 4) is 0 Å². The molecule has 0 saturated carbocycles. The van der Waals surface area contributed by atoms with E-state index in [1.165, 1.54) is 7.11 Å². The third-order valence-electron chi connectivity index (χ3n) is 0. The number of rotatable bonds is 0. The van der Waals surface area contributed by atoms with Gasteiger partial charge in [-0.25, -0.2) is 0 Å². The van der Waals surface area contributed by atoms with E-state index in [-0.39, 0.29) is 17.1 Å². The van der Waals surface area contributed by atoms with Gasteiger partial charge in [0.1, 0.15) is 0 Å². The summed E-state index contributed by atoms with van der Waals surface area (Å²) in [5.41, 5.74) is 0. The van der Waals surface area contributed by atoms with Crippen LogP contribution in [0.25, 0.3) is 0 Å². The summed E-state index contributed by atoms with van der Waals surface area (Å²) in [6.45, 7) is 0. The summed E-state index contributed by atoms with van der Waals surface area (Å²) in [4.78, 5) is 0. The summed E-state index contributed by atoms with van der Waals surface area (Å²) < 4.78 is 3.72. The van der Waals surface area contributed by atoms with Gasteiger partial charge in [0.15, 0.2) is 0 Å². The molecule has 30 valence electrons. The third kappa shape index (κ3) is 14.6. The molecule has 3 heteroatoms. The van der Waals surface area contributed by atoms with E-state index in [4.69, 9.17) is 0 Å². The molecule has 1 nitrogen and oxygen atoms in total. The summed E-state index contributed by atoms with van der Waals surface area (Å²) in [7, 11) is 1.39. The van der Waals surface area contributed by atoms with Crippen LogP contribution >= 0.6 is 11.9 Å². The molecular weight excluding hydrogens is 127 g/mol. The number of hydrogen-bond donors (Lipinski definition) is 0. The first kappa shape index (κ1) is 8.84. The molecule has 0 rings (SSSR count). The third-order valence-corrected chi connectivity index (χ3v) is 0. The second-order valence-electron chi connectivity index (χ2n) is 0.154. The Balaban J connectivity index is 0. The smallest absolute Gasteiger partial charge is 0.283 e. The Labute approximate surface area is 40.9 Å². The fourth-order valence-corrected chi connectivity index (χ4v) is 0. The zero-order valence-electron chi connectivity index (χ0n) is 2.09. The molecule has 0 radical (unpaired) electrons. The van der Waals surface area contributed by atoms with Crippen molar-refractivity contribution in [2.75, 3.05) is 7.11 Å². The summed E-state index contributed by atoms with van der Waals surface area (Å²) in [6, 6.07) is 0. The van der Waals surface area contributed by atoms with Gasteiger partial charge in [0, 0.05) is 0 Å². The zero-order valence-corrected chi connectivity index (χ0v) is 3.79. The van der Waals surface area contributed by atoms with E-state index in [9.17, 15) is 0 Å². The Bertz CT molecular complexity index is 8.00. The average Bonchev–Trinajstić information content (AvgIpc) is 0.918. The van der Waals surface area contributed by atoms with Gasteiger partial charge in [-0.1, -0.05) is 0 Å². The van der Waals surface area contributed by atoms with Gasteiger partial charge in [-0.05, 0) is 0 Å². The molecule has 0 aliphatic rings. The normalized spacial score (nSPS) is 4.50. The van der Waals surface area contributed by atoms with Crippen LogP contribution in [0.2, 0.25) is 0 Å². The van der Waals surface area contributed by atoms with Crippen LogP contribution in [0.3, 0.4) is 0 Å². The van der Waals surface area contributed by atoms with Gasteiger partial charge in [0.2, 0.25) is 0 Å². The average molecular weight is 130 g/mol. The Kier molecular flexibility index (Phi) is 20.4. The van der Waals surface area contributed by atoms with Crippen LogP contribution in [-0.2, 0) is 21.4 Å². The van der Waals surface area contributed by atoms with Gasteiger partial charge in [0.05, 0.1) is 19.0 Å². The molecule has 0 spiro atoms. The van der Waals surface area contributed by atoms with Crippen molar-refractivity contribution >= 4 is 11.9 Å². The molecule has 0 unspecified atom stereocenters. The van der Waals surface area contributed by atoms with Crippen molar-refractivity contribution in [3.63, 3.8) is 0 Å². The minimum Gasteiger partial charge on any atom is -0.283 e. The van der Waals surface area contributed by atoms with E-state index >= 15 is 0 Å². The predicted octanol–water partition coefficient (Wildman–Crippen LogP) is 0.784. The van der Waals surface area contributed by atoms with E-state index in [1.807, 2.05) is 0 Å². The van der Waals surface area contributed by atoms with Crippen LogP contribution in [0, 0.1) is 0 Å². The summed E-state index contributed by atoms with van der Waals surface area (Å²) in [6.07, 6.45) is 0. The second kappa shape index (κ2) is 9.23. The largest absolute Gasteiger partial charge is 1.00 e. The van der Waals surface area contributed by atoms with Crippen LogP contribution in [0.5, 0.6) is 0 Å². The van der Waals surface area contributed by atoms with Crippen LogP contribution in [0.1, 0.15) is 0 Å². The minimum absolute atomic E-state index is 0. The van der Waals surface area contributed by atoms with Crippen molar-refractivity contribution in [2.24, 2.45) is 0 Å². The topological polar surface area (TPSA) is 9.23 Å². The minimum atomic E-state index is 0. The molecule has 0 aliphatic heterocycles. The van der Waals surface area contributed by atoms with Gasteiger partial charge < -0.3 is 0 Å². The van der Waals surface area contributed by atoms with Gasteiger partial charge in [0.25, 0.3) is 0 Å². The van der Waals surface area contributed by atoms with Crippen molar-refractivity contribution in [2.45, 2.75) is 0 Å². The van der Waals surface area contributed by atoms with Crippen LogP contribution in [-0.4, -0.2) is 7.11 Å². The van der Waals surface area contributed by atoms with E-state index in [2.05, 4.69) is 16.2 Å². The van der Waals surface area contributed by atoms with Gasteiger partial charge in [-0.2, -0.15) is 0 Å². The molecule has 0 heterocycles. The summed E-state index contributed by atoms with van der Waals surface area (Å²) >= 11 is 4.50. The molecule has 4 heavy (non-hydrogen) atoms. The molecule has 0 amide bonds. The van der Waals surface area contributed by atoms with Crippen LogP contribution in [0.15, 0.2) is 0 Å². The van der Waals surface area contributed by atoms with E-state index in [0.717, 1.165) is 0 Å². The Morgan fingerprint density at radius 2 is 1.75 bits per heavy atom. The van der Waals surface area contributed by atoms with E-state index < -0.39 is 0 Å². The van der Waals surface area contributed by atoms with Gasteiger partial charge in [-0.15, -0.1) is 0 Å². The first-order valence-corrected chi connectivity index (χ1v) is 0.871. The monoisotopic (exact) mass is 129 g/mol. The maximum absolute atomic E-state index is 4.50. The zero-order chi connectivity index (χ0) is 2.71. The molecule has 0 aromatic rings. The Morgan fingerprint density at radius 1 is 1.75 bits per heavy atom. The van der Waals surface area contributed by atoms with Gasteiger partial charge >= 0.3 is 17.1 Å². The molecule has 0 aliphatic carbocycles. The van der Waals surface area contributed by atoms with Crippen molar-refractivity contribution < 1.29 is 21.4 Å². The number of halogens is 1. The molecule has 0 atom stereocenters. The standard InChI is InChI=1S/CH3ClO.Cu/c1-3-2;/h1H3;/q;+1. The van der Waals surface area contributed by atoms with E-state index in [1.54, 1.807) is 0 Å². The molecule has 0 N–H and O–H groups in total. The molecule has 0 bridgehead atoms. The maximum Gasteiger partial charge on any atom is 1.00 e. The molecule has 0 aromatic heterocycles. The molecule has 0 fully saturated rings. The first-order chi connectivity index (χ1) is 1.41. The van der Waals surface area contributed by atoms with Crippen LogP contribution in [0.4, 0.5) is 0 Å². The maximum atomic E-state index is 4.50. The Hall–Kier alpha value is 0.769. The summed E-state index contributed by atoms with van der Waals surface area (Å²) in [5, 5.41) is 0. The molecular formula is CH3ClCuO+. The fraction of sp³-hybridized carbons (Fsp3) is 1.00. The fourth-order valence-electron chi connectivity index (χ4n) is 0. The second-order valence-corrected chi connectivity index (χ2v) is 0.463. The predicted molar refractivity (Wildman–Crippen MR) is 12.9 cm³/mol. The van der Waals surface area contributed by atoms with Crippen LogP contribution < -0.4 is 0 Å². The molecule has 0 aromatic carbocycles. The van der Waals surface area contributed by atoms with Gasteiger partial charge in [-0.3, -0.25) is 4.29 Å². The quantitative estimate of drug-likeness (QED) is 0.440. The van der Waals surface area contributed by atoms with Crippen molar-refractivity contribution in [1.29, 1.82) is 0 Å².